The van der Waals surface area contributed by atoms with Crippen LogP contribution >= 0.6 is 0 Å². The van der Waals surface area contributed by atoms with Crippen LogP contribution in [0.4, 0.5) is 5.69 Å². The van der Waals surface area contributed by atoms with Crippen molar-refractivity contribution in [2.24, 2.45) is 5.92 Å². The summed E-state index contributed by atoms with van der Waals surface area (Å²) in [4.78, 5) is 12.2. The molecule has 2 aromatic rings. The number of carbonyl (C=O) groups excluding carboxylic acids is 1. The van der Waals surface area contributed by atoms with Gasteiger partial charge in [0.1, 0.15) is 0 Å². The molecule has 104 valence electrons. The van der Waals surface area contributed by atoms with Crippen LogP contribution in [-0.2, 0) is 4.79 Å². The normalized spacial score (nSPS) is 21.9. The van der Waals surface area contributed by atoms with Gasteiger partial charge in [-0.25, -0.2) is 0 Å². The quantitative estimate of drug-likeness (QED) is 0.768. The zero-order chi connectivity index (χ0) is 13.9. The second-order valence-electron chi connectivity index (χ2n) is 4.94. The summed E-state index contributed by atoms with van der Waals surface area (Å²) in [5, 5.41) is 20.0. The van der Waals surface area contributed by atoms with Crippen molar-refractivity contribution in [1.82, 2.24) is 25.9 Å². The number of H-pyrrole nitrogens is 1. The van der Waals surface area contributed by atoms with Crippen LogP contribution < -0.4 is 10.6 Å². The van der Waals surface area contributed by atoms with Gasteiger partial charge in [-0.1, -0.05) is 12.1 Å². The third-order valence-corrected chi connectivity index (χ3v) is 3.60. The van der Waals surface area contributed by atoms with Gasteiger partial charge in [0.05, 0.1) is 5.92 Å². The van der Waals surface area contributed by atoms with E-state index in [9.17, 15) is 4.79 Å². The highest BCUT2D eigenvalue weighted by atomic mass is 16.1. The van der Waals surface area contributed by atoms with Crippen molar-refractivity contribution in [3.05, 3.63) is 24.3 Å². The first-order valence-electron chi connectivity index (χ1n) is 6.62. The van der Waals surface area contributed by atoms with Gasteiger partial charge in [0.25, 0.3) is 0 Å². The number of nitrogens with zero attached hydrogens (tertiary/aromatic N) is 3. The lowest BCUT2D eigenvalue weighted by atomic mass is 10.0. The number of hydrogen-bond donors (Lipinski definition) is 3. The molecule has 1 aromatic heterocycles. The van der Waals surface area contributed by atoms with Crippen LogP contribution in [0.3, 0.4) is 0 Å². The van der Waals surface area contributed by atoms with E-state index in [0.29, 0.717) is 5.82 Å². The van der Waals surface area contributed by atoms with Crippen molar-refractivity contribution in [3.63, 3.8) is 0 Å². The molecule has 7 heteroatoms. The Morgan fingerprint density at radius 3 is 3.05 bits per heavy atom. The first-order chi connectivity index (χ1) is 9.74. The van der Waals surface area contributed by atoms with Gasteiger partial charge >= 0.3 is 0 Å². The molecule has 0 bridgehead atoms. The summed E-state index contributed by atoms with van der Waals surface area (Å²) in [7, 11) is 0. The summed E-state index contributed by atoms with van der Waals surface area (Å²) in [6.45, 7) is 2.93. The number of nitrogens with one attached hydrogen (secondary N) is 3. The topological polar surface area (TPSA) is 95.6 Å². The van der Waals surface area contributed by atoms with Crippen LogP contribution in [-0.4, -0.2) is 39.1 Å². The maximum atomic E-state index is 12.2. The number of amides is 1. The molecule has 20 heavy (non-hydrogen) atoms. The summed E-state index contributed by atoms with van der Waals surface area (Å²) >= 11 is 0. The highest BCUT2D eigenvalue weighted by Gasteiger charge is 2.29. The third-order valence-electron chi connectivity index (χ3n) is 3.60. The number of benzene rings is 1. The van der Waals surface area contributed by atoms with Gasteiger partial charge < -0.3 is 10.6 Å². The lowest BCUT2D eigenvalue weighted by molar-refractivity contribution is -0.119. The molecule has 3 rings (SSSR count). The lowest BCUT2D eigenvalue weighted by Crippen LogP contribution is -2.32. The number of aromatic amines is 1. The van der Waals surface area contributed by atoms with E-state index < -0.39 is 0 Å². The minimum atomic E-state index is 0.0174. The highest BCUT2D eigenvalue weighted by Crippen LogP contribution is 2.21. The van der Waals surface area contributed by atoms with E-state index in [1.165, 1.54) is 0 Å². The van der Waals surface area contributed by atoms with E-state index in [2.05, 4.69) is 31.3 Å². The predicted molar refractivity (Wildman–Crippen MR) is 73.8 cm³/mol. The molecular formula is C13H16N6O. The van der Waals surface area contributed by atoms with Crippen LogP contribution in [0.15, 0.2) is 24.3 Å². The van der Waals surface area contributed by atoms with Crippen molar-refractivity contribution < 1.29 is 4.79 Å². The largest absolute Gasteiger partial charge is 0.326 e. The smallest absolute Gasteiger partial charge is 0.229 e. The van der Waals surface area contributed by atoms with Crippen LogP contribution in [0.1, 0.15) is 13.3 Å². The van der Waals surface area contributed by atoms with E-state index in [-0.39, 0.29) is 17.9 Å². The Kier molecular flexibility index (Phi) is 3.42. The maximum absolute atomic E-state index is 12.2. The van der Waals surface area contributed by atoms with Crippen molar-refractivity contribution >= 4 is 11.6 Å². The average molecular weight is 272 g/mol. The maximum Gasteiger partial charge on any atom is 0.229 e. The minimum absolute atomic E-state index is 0.0174. The average Bonchev–Trinajstić information content (AvgIpc) is 3.09. The standard InChI is InChI=1S/C13H16N6O/c1-8-11(5-6-14-8)13(20)15-10-4-2-3-9(7-10)12-16-18-19-17-12/h2-4,7-8,11,14H,5-6H2,1H3,(H,15,20)(H,16,17,18,19). The van der Waals surface area contributed by atoms with Gasteiger partial charge in [-0.3, -0.25) is 4.79 Å². The monoisotopic (exact) mass is 272 g/mol. The fourth-order valence-corrected chi connectivity index (χ4v) is 2.47. The van der Waals surface area contributed by atoms with Crippen LogP contribution in [0.25, 0.3) is 11.4 Å². The van der Waals surface area contributed by atoms with Gasteiger partial charge in [0, 0.05) is 17.3 Å². The molecular weight excluding hydrogens is 256 g/mol. The number of carbonyl (C=O) groups is 1. The number of hydrogen-bond acceptors (Lipinski definition) is 5. The van der Waals surface area contributed by atoms with E-state index >= 15 is 0 Å². The first-order valence-corrected chi connectivity index (χ1v) is 6.62. The van der Waals surface area contributed by atoms with Crippen LogP contribution in [0, 0.1) is 5.92 Å². The van der Waals surface area contributed by atoms with E-state index in [4.69, 9.17) is 0 Å². The van der Waals surface area contributed by atoms with E-state index in [1.807, 2.05) is 31.2 Å². The minimum Gasteiger partial charge on any atom is -0.326 e. The highest BCUT2D eigenvalue weighted by molar-refractivity contribution is 5.93. The molecule has 0 saturated carbocycles. The molecule has 2 atom stereocenters. The number of rotatable bonds is 3. The van der Waals surface area contributed by atoms with Gasteiger partial charge in [-0.2, -0.15) is 5.21 Å². The first kappa shape index (κ1) is 12.7. The molecule has 0 aliphatic carbocycles. The number of tetrazole rings is 1. The van der Waals surface area contributed by atoms with Crippen molar-refractivity contribution in [3.8, 4) is 11.4 Å². The van der Waals surface area contributed by atoms with Crippen molar-refractivity contribution in [2.75, 3.05) is 11.9 Å². The molecule has 1 fully saturated rings. The Bertz CT molecular complexity index is 597. The molecule has 3 N–H and O–H groups in total. The second kappa shape index (κ2) is 5.38. The predicted octanol–water partition coefficient (Wildman–Crippen LogP) is 0.803. The molecule has 1 saturated heterocycles. The molecule has 0 spiro atoms. The Labute approximate surface area is 116 Å². The molecule has 2 heterocycles. The van der Waals surface area contributed by atoms with Crippen molar-refractivity contribution in [2.45, 2.75) is 19.4 Å². The molecule has 2 unspecified atom stereocenters. The van der Waals surface area contributed by atoms with Gasteiger partial charge in [-0.05, 0) is 37.2 Å². The number of anilines is 1. The fourth-order valence-electron chi connectivity index (χ4n) is 2.47. The third kappa shape index (κ3) is 2.53. The van der Waals surface area contributed by atoms with Crippen molar-refractivity contribution in [1.29, 1.82) is 0 Å². The Balaban J connectivity index is 1.74. The molecule has 1 aromatic carbocycles. The zero-order valence-electron chi connectivity index (χ0n) is 11.1. The van der Waals surface area contributed by atoms with Gasteiger partial charge in [-0.15, -0.1) is 10.2 Å². The fraction of sp³-hybridized carbons (Fsp3) is 0.385. The zero-order valence-corrected chi connectivity index (χ0v) is 11.1. The molecule has 1 amide bonds. The van der Waals surface area contributed by atoms with E-state index in [1.54, 1.807) is 0 Å². The summed E-state index contributed by atoms with van der Waals surface area (Å²) in [5.74, 6) is 0.577. The SMILES string of the molecule is CC1NCCC1C(=O)Nc1cccc(-c2nn[nH]n2)c1. The van der Waals surface area contributed by atoms with E-state index in [0.717, 1.165) is 24.2 Å². The molecule has 1 aliphatic rings. The number of aromatic nitrogens is 4. The summed E-state index contributed by atoms with van der Waals surface area (Å²) in [6.07, 6.45) is 0.873. The summed E-state index contributed by atoms with van der Waals surface area (Å²) in [6, 6.07) is 7.65. The molecule has 0 radical (unpaired) electrons. The van der Waals surface area contributed by atoms with Gasteiger partial charge in [0.2, 0.25) is 11.7 Å². The Hall–Kier alpha value is -2.28. The molecule has 1 aliphatic heterocycles. The van der Waals surface area contributed by atoms with Gasteiger partial charge in [0.15, 0.2) is 0 Å². The van der Waals surface area contributed by atoms with Crippen LogP contribution in [0.5, 0.6) is 0 Å². The summed E-state index contributed by atoms with van der Waals surface area (Å²) < 4.78 is 0. The Morgan fingerprint density at radius 2 is 2.35 bits per heavy atom. The Morgan fingerprint density at radius 1 is 1.45 bits per heavy atom. The molecule has 7 nitrogen and oxygen atoms in total. The summed E-state index contributed by atoms with van der Waals surface area (Å²) in [5.41, 5.74) is 1.56. The second-order valence-corrected chi connectivity index (χ2v) is 4.94. The van der Waals surface area contributed by atoms with Crippen LogP contribution in [0.2, 0.25) is 0 Å². The lowest BCUT2D eigenvalue weighted by Gasteiger charge is -2.15.